The van der Waals surface area contributed by atoms with Crippen LogP contribution in [0.1, 0.15) is 48.0 Å². The standard InChI is InChI=1S/C12H25NO3/c1-7-9(14)10(8(2)3)13-11(15)16-12(4,5)6/h8-10,14H,7H2,1-6H3,(H,13,15)/t9-,10-/m1/s1. The third-order valence-corrected chi connectivity index (χ3v) is 2.23. The third-order valence-electron chi connectivity index (χ3n) is 2.23. The predicted octanol–water partition coefficient (Wildman–Crippen LogP) is 2.31. The second-order valence-electron chi connectivity index (χ2n) is 5.39. The van der Waals surface area contributed by atoms with E-state index in [4.69, 9.17) is 4.74 Å². The number of nitrogens with one attached hydrogen (secondary N) is 1. The lowest BCUT2D eigenvalue weighted by Crippen LogP contribution is -2.48. The van der Waals surface area contributed by atoms with E-state index in [-0.39, 0.29) is 12.0 Å². The summed E-state index contributed by atoms with van der Waals surface area (Å²) in [7, 11) is 0. The zero-order valence-corrected chi connectivity index (χ0v) is 11.2. The lowest BCUT2D eigenvalue weighted by molar-refractivity contribution is 0.0370. The molecule has 16 heavy (non-hydrogen) atoms. The van der Waals surface area contributed by atoms with Crippen LogP contribution in [0.2, 0.25) is 0 Å². The van der Waals surface area contributed by atoms with Crippen LogP contribution in [0.25, 0.3) is 0 Å². The van der Waals surface area contributed by atoms with Gasteiger partial charge in [0.25, 0.3) is 0 Å². The lowest BCUT2D eigenvalue weighted by atomic mass is 9.97. The molecule has 0 unspecified atom stereocenters. The van der Waals surface area contributed by atoms with E-state index in [2.05, 4.69) is 5.32 Å². The molecule has 0 saturated heterocycles. The molecule has 4 heteroatoms. The van der Waals surface area contributed by atoms with Crippen LogP contribution in [-0.4, -0.2) is 28.9 Å². The van der Waals surface area contributed by atoms with Gasteiger partial charge in [-0.2, -0.15) is 0 Å². The summed E-state index contributed by atoms with van der Waals surface area (Å²) < 4.78 is 5.15. The van der Waals surface area contributed by atoms with Crippen molar-refractivity contribution in [3.05, 3.63) is 0 Å². The fraction of sp³-hybridized carbons (Fsp3) is 0.917. The van der Waals surface area contributed by atoms with Gasteiger partial charge in [-0.1, -0.05) is 20.8 Å². The van der Waals surface area contributed by atoms with Gasteiger partial charge < -0.3 is 15.2 Å². The Bertz CT molecular complexity index is 221. The van der Waals surface area contributed by atoms with Gasteiger partial charge in [-0.3, -0.25) is 0 Å². The first-order valence-corrected chi connectivity index (χ1v) is 5.85. The summed E-state index contributed by atoms with van der Waals surface area (Å²) in [6.07, 6.45) is -0.398. The number of hydrogen-bond acceptors (Lipinski definition) is 3. The topological polar surface area (TPSA) is 58.6 Å². The maximum absolute atomic E-state index is 11.5. The molecule has 0 heterocycles. The van der Waals surface area contributed by atoms with Crippen molar-refractivity contribution in [3.8, 4) is 0 Å². The van der Waals surface area contributed by atoms with Crippen molar-refractivity contribution in [2.75, 3.05) is 0 Å². The highest BCUT2D eigenvalue weighted by Gasteiger charge is 2.25. The summed E-state index contributed by atoms with van der Waals surface area (Å²) in [6, 6.07) is -0.264. The number of carbonyl (C=O) groups is 1. The molecule has 0 spiro atoms. The fourth-order valence-electron chi connectivity index (χ4n) is 1.40. The van der Waals surface area contributed by atoms with Gasteiger partial charge in [0.2, 0.25) is 0 Å². The minimum absolute atomic E-state index is 0.169. The summed E-state index contributed by atoms with van der Waals surface area (Å²) in [5.41, 5.74) is -0.511. The largest absolute Gasteiger partial charge is 0.444 e. The van der Waals surface area contributed by atoms with Crippen molar-refractivity contribution in [3.63, 3.8) is 0 Å². The van der Waals surface area contributed by atoms with Gasteiger partial charge in [0.1, 0.15) is 5.60 Å². The molecule has 4 nitrogen and oxygen atoms in total. The second kappa shape index (κ2) is 6.09. The van der Waals surface area contributed by atoms with E-state index in [0.29, 0.717) is 6.42 Å². The molecule has 0 fully saturated rings. The normalized spacial score (nSPS) is 15.8. The maximum atomic E-state index is 11.5. The molecule has 0 saturated carbocycles. The van der Waals surface area contributed by atoms with Gasteiger partial charge in [-0.15, -0.1) is 0 Å². The molecule has 0 bridgehead atoms. The van der Waals surface area contributed by atoms with Crippen LogP contribution in [0.3, 0.4) is 0 Å². The molecule has 96 valence electrons. The maximum Gasteiger partial charge on any atom is 0.407 e. The molecule has 2 N–H and O–H groups in total. The number of amides is 1. The van der Waals surface area contributed by atoms with Crippen molar-refractivity contribution in [1.29, 1.82) is 0 Å². The second-order valence-corrected chi connectivity index (χ2v) is 5.39. The molecule has 1 amide bonds. The zero-order valence-electron chi connectivity index (χ0n) is 11.2. The Morgan fingerprint density at radius 2 is 1.88 bits per heavy atom. The number of aliphatic hydroxyl groups excluding tert-OH is 1. The number of hydrogen-bond donors (Lipinski definition) is 2. The Morgan fingerprint density at radius 1 is 1.38 bits per heavy atom. The van der Waals surface area contributed by atoms with Crippen LogP contribution in [0.15, 0.2) is 0 Å². The van der Waals surface area contributed by atoms with Gasteiger partial charge in [0.15, 0.2) is 0 Å². The van der Waals surface area contributed by atoms with E-state index in [1.54, 1.807) is 0 Å². The minimum atomic E-state index is -0.535. The number of alkyl carbamates (subject to hydrolysis) is 1. The molecule has 0 aliphatic heterocycles. The van der Waals surface area contributed by atoms with Crippen LogP contribution in [0.5, 0.6) is 0 Å². The van der Waals surface area contributed by atoms with Crippen LogP contribution >= 0.6 is 0 Å². The zero-order chi connectivity index (χ0) is 12.9. The molecule has 0 aromatic carbocycles. The van der Waals surface area contributed by atoms with Gasteiger partial charge in [-0.25, -0.2) is 4.79 Å². The minimum Gasteiger partial charge on any atom is -0.444 e. The highest BCUT2D eigenvalue weighted by atomic mass is 16.6. The first kappa shape index (κ1) is 15.2. The van der Waals surface area contributed by atoms with E-state index in [1.165, 1.54) is 0 Å². The van der Waals surface area contributed by atoms with E-state index >= 15 is 0 Å². The monoisotopic (exact) mass is 231 g/mol. The van der Waals surface area contributed by atoms with Crippen molar-refractivity contribution in [2.45, 2.75) is 65.7 Å². The third kappa shape index (κ3) is 5.95. The number of ether oxygens (including phenoxy) is 1. The molecule has 0 radical (unpaired) electrons. The van der Waals surface area contributed by atoms with Gasteiger partial charge in [0, 0.05) is 0 Å². The SMILES string of the molecule is CC[C@@H](O)[C@H](NC(=O)OC(C)(C)C)C(C)C. The average Bonchev–Trinajstić information content (AvgIpc) is 2.09. The summed E-state index contributed by atoms with van der Waals surface area (Å²) in [5.74, 6) is 0.169. The first-order valence-electron chi connectivity index (χ1n) is 5.85. The fourth-order valence-corrected chi connectivity index (χ4v) is 1.40. The van der Waals surface area contributed by atoms with Gasteiger partial charge >= 0.3 is 6.09 Å². The molecular formula is C12H25NO3. The Labute approximate surface area is 98.4 Å². The van der Waals surface area contributed by atoms with Crippen LogP contribution < -0.4 is 5.32 Å². The first-order chi connectivity index (χ1) is 7.17. The molecule has 0 aromatic heterocycles. The molecule has 0 aliphatic rings. The Kier molecular flexibility index (Phi) is 5.79. The molecule has 0 rings (SSSR count). The predicted molar refractivity (Wildman–Crippen MR) is 64.3 cm³/mol. The highest BCUT2D eigenvalue weighted by molar-refractivity contribution is 5.68. The molecule has 0 aromatic rings. The molecule has 2 atom stereocenters. The number of aliphatic hydroxyl groups is 1. The number of carbonyl (C=O) groups excluding carboxylic acids is 1. The summed E-state index contributed by atoms with van der Waals surface area (Å²) in [6.45, 7) is 11.2. The Balaban J connectivity index is 4.36. The van der Waals surface area contributed by atoms with Crippen molar-refractivity contribution < 1.29 is 14.6 Å². The summed E-state index contributed by atoms with van der Waals surface area (Å²) in [4.78, 5) is 11.5. The van der Waals surface area contributed by atoms with Crippen LogP contribution in [0.4, 0.5) is 4.79 Å². The lowest BCUT2D eigenvalue weighted by Gasteiger charge is -2.28. The highest BCUT2D eigenvalue weighted by Crippen LogP contribution is 2.12. The van der Waals surface area contributed by atoms with Crippen molar-refractivity contribution >= 4 is 6.09 Å². The van der Waals surface area contributed by atoms with Crippen LogP contribution in [-0.2, 0) is 4.74 Å². The van der Waals surface area contributed by atoms with E-state index in [9.17, 15) is 9.90 Å². The van der Waals surface area contributed by atoms with E-state index in [1.807, 2.05) is 41.5 Å². The molecular weight excluding hydrogens is 206 g/mol. The summed E-state index contributed by atoms with van der Waals surface area (Å²) >= 11 is 0. The Morgan fingerprint density at radius 3 is 2.19 bits per heavy atom. The van der Waals surface area contributed by atoms with E-state index < -0.39 is 17.8 Å². The average molecular weight is 231 g/mol. The quantitative estimate of drug-likeness (QED) is 0.780. The summed E-state index contributed by atoms with van der Waals surface area (Å²) in [5, 5.41) is 12.5. The van der Waals surface area contributed by atoms with Crippen molar-refractivity contribution in [2.24, 2.45) is 5.92 Å². The smallest absolute Gasteiger partial charge is 0.407 e. The Hall–Kier alpha value is -0.770. The molecule has 0 aliphatic carbocycles. The number of rotatable bonds is 4. The van der Waals surface area contributed by atoms with Crippen molar-refractivity contribution in [1.82, 2.24) is 5.32 Å². The van der Waals surface area contributed by atoms with Gasteiger partial charge in [-0.05, 0) is 33.1 Å². The van der Waals surface area contributed by atoms with Crippen LogP contribution in [0, 0.1) is 5.92 Å². The van der Waals surface area contributed by atoms with E-state index in [0.717, 1.165) is 0 Å². The van der Waals surface area contributed by atoms with Gasteiger partial charge in [0.05, 0.1) is 12.1 Å².